The molecule has 0 atom stereocenters. The van der Waals surface area contributed by atoms with Gasteiger partial charge in [-0.05, 0) is 23.6 Å². The van der Waals surface area contributed by atoms with Gasteiger partial charge in [-0.3, -0.25) is 0 Å². The van der Waals surface area contributed by atoms with E-state index in [-0.39, 0.29) is 11.6 Å². The molecular weight excluding hydrogens is 219 g/mol. The molecule has 1 aromatic carbocycles. The number of carbonyl (C=O) groups excluding carboxylic acids is 1. The summed E-state index contributed by atoms with van der Waals surface area (Å²) in [5, 5.41) is 2.55. The predicted molar refractivity (Wildman–Crippen MR) is 58.7 cm³/mol. The second-order valence-electron chi connectivity index (χ2n) is 3.50. The molecule has 0 aliphatic heterocycles. The van der Waals surface area contributed by atoms with Gasteiger partial charge in [0.25, 0.3) is 0 Å². The van der Waals surface area contributed by atoms with E-state index in [0.29, 0.717) is 5.02 Å². The molecule has 0 saturated carbocycles. The van der Waals surface area contributed by atoms with Gasteiger partial charge in [-0.2, -0.15) is 0 Å². The van der Waals surface area contributed by atoms with Crippen LogP contribution in [0.4, 0.5) is 14.9 Å². The SMILES string of the molecule is CC(C)c1cc(NC(N)=O)c(F)cc1Cl. The number of hydrogen-bond acceptors (Lipinski definition) is 1. The minimum Gasteiger partial charge on any atom is -0.351 e. The quantitative estimate of drug-likeness (QED) is 0.806. The molecule has 1 aromatic rings. The van der Waals surface area contributed by atoms with Crippen LogP contribution in [0.1, 0.15) is 25.3 Å². The van der Waals surface area contributed by atoms with Crippen molar-refractivity contribution in [3.63, 3.8) is 0 Å². The van der Waals surface area contributed by atoms with E-state index in [4.69, 9.17) is 17.3 Å². The summed E-state index contributed by atoms with van der Waals surface area (Å²) in [6.45, 7) is 3.85. The molecule has 0 unspecified atom stereocenters. The highest BCUT2D eigenvalue weighted by molar-refractivity contribution is 6.31. The van der Waals surface area contributed by atoms with E-state index in [0.717, 1.165) is 5.56 Å². The van der Waals surface area contributed by atoms with Crippen molar-refractivity contribution in [3.05, 3.63) is 28.5 Å². The van der Waals surface area contributed by atoms with Crippen molar-refractivity contribution in [2.75, 3.05) is 5.32 Å². The lowest BCUT2D eigenvalue weighted by Gasteiger charge is -2.11. The summed E-state index contributed by atoms with van der Waals surface area (Å²) in [7, 11) is 0. The average Bonchev–Trinajstić information content (AvgIpc) is 2.08. The third-order valence-corrected chi connectivity index (χ3v) is 2.29. The van der Waals surface area contributed by atoms with E-state index in [9.17, 15) is 9.18 Å². The standard InChI is InChI=1S/C10H12ClFN2O/c1-5(2)6-3-9(14-10(13)15)8(12)4-7(6)11/h3-5H,1-2H3,(H3,13,14,15). The summed E-state index contributed by atoms with van der Waals surface area (Å²) >= 11 is 5.85. The number of hydrogen-bond donors (Lipinski definition) is 2. The van der Waals surface area contributed by atoms with Gasteiger partial charge in [0.05, 0.1) is 5.69 Å². The number of anilines is 1. The number of rotatable bonds is 2. The molecule has 0 fully saturated rings. The van der Waals surface area contributed by atoms with Crippen LogP contribution in [0, 0.1) is 5.82 Å². The fraction of sp³-hybridized carbons (Fsp3) is 0.300. The number of primary amides is 1. The molecule has 3 N–H and O–H groups in total. The zero-order valence-electron chi connectivity index (χ0n) is 8.47. The van der Waals surface area contributed by atoms with Crippen LogP contribution >= 0.6 is 11.6 Å². The van der Waals surface area contributed by atoms with Crippen LogP contribution in [0.3, 0.4) is 0 Å². The third-order valence-electron chi connectivity index (χ3n) is 1.97. The highest BCUT2D eigenvalue weighted by atomic mass is 35.5. The van der Waals surface area contributed by atoms with Crippen molar-refractivity contribution in [2.45, 2.75) is 19.8 Å². The summed E-state index contributed by atoms with van der Waals surface area (Å²) in [4.78, 5) is 10.6. The fourth-order valence-corrected chi connectivity index (χ4v) is 1.61. The van der Waals surface area contributed by atoms with E-state index in [1.807, 2.05) is 13.8 Å². The smallest absolute Gasteiger partial charge is 0.316 e. The number of carbonyl (C=O) groups is 1. The Kier molecular flexibility index (Phi) is 3.52. The molecule has 0 aromatic heterocycles. The Morgan fingerprint density at radius 1 is 1.53 bits per heavy atom. The summed E-state index contributed by atoms with van der Waals surface area (Å²) in [5.41, 5.74) is 5.72. The van der Waals surface area contributed by atoms with E-state index in [2.05, 4.69) is 5.32 Å². The first-order chi connectivity index (χ1) is 6.91. The fourth-order valence-electron chi connectivity index (χ4n) is 1.24. The van der Waals surface area contributed by atoms with Gasteiger partial charge in [0.1, 0.15) is 5.82 Å². The third kappa shape index (κ3) is 2.83. The molecule has 0 heterocycles. The maximum atomic E-state index is 13.3. The Balaban J connectivity index is 3.17. The van der Waals surface area contributed by atoms with Crippen LogP contribution in [0.15, 0.2) is 12.1 Å². The summed E-state index contributed by atoms with van der Waals surface area (Å²) in [5.74, 6) is -0.449. The number of nitrogens with one attached hydrogen (secondary N) is 1. The Morgan fingerprint density at radius 3 is 2.60 bits per heavy atom. The summed E-state index contributed by atoms with van der Waals surface area (Å²) in [6, 6.07) is 1.86. The van der Waals surface area contributed by atoms with Gasteiger partial charge in [-0.1, -0.05) is 25.4 Å². The lowest BCUT2D eigenvalue weighted by Crippen LogP contribution is -2.20. The van der Waals surface area contributed by atoms with Crippen molar-refractivity contribution in [2.24, 2.45) is 5.73 Å². The van der Waals surface area contributed by atoms with Gasteiger partial charge < -0.3 is 11.1 Å². The highest BCUT2D eigenvalue weighted by Gasteiger charge is 2.11. The topological polar surface area (TPSA) is 55.1 Å². The average molecular weight is 231 g/mol. The van der Waals surface area contributed by atoms with Crippen LogP contribution in [-0.2, 0) is 0 Å². The number of nitrogens with two attached hydrogens (primary N) is 1. The molecule has 5 heteroatoms. The summed E-state index contributed by atoms with van der Waals surface area (Å²) < 4.78 is 13.3. The van der Waals surface area contributed by atoms with Crippen molar-refractivity contribution in [3.8, 4) is 0 Å². The van der Waals surface area contributed by atoms with E-state index >= 15 is 0 Å². The highest BCUT2D eigenvalue weighted by Crippen LogP contribution is 2.29. The van der Waals surface area contributed by atoms with Crippen LogP contribution in [0.25, 0.3) is 0 Å². The van der Waals surface area contributed by atoms with Gasteiger partial charge in [-0.15, -0.1) is 0 Å². The maximum absolute atomic E-state index is 13.3. The van der Waals surface area contributed by atoms with Crippen molar-refractivity contribution in [1.82, 2.24) is 0 Å². The van der Waals surface area contributed by atoms with Gasteiger partial charge >= 0.3 is 6.03 Å². The number of halogens is 2. The van der Waals surface area contributed by atoms with Crippen LogP contribution < -0.4 is 11.1 Å². The molecule has 2 amide bonds. The molecule has 15 heavy (non-hydrogen) atoms. The van der Waals surface area contributed by atoms with E-state index in [1.54, 1.807) is 0 Å². The van der Waals surface area contributed by atoms with E-state index in [1.165, 1.54) is 12.1 Å². The largest absolute Gasteiger partial charge is 0.351 e. The number of benzene rings is 1. The molecule has 0 bridgehead atoms. The van der Waals surface area contributed by atoms with Crippen LogP contribution in [-0.4, -0.2) is 6.03 Å². The molecule has 0 saturated heterocycles. The zero-order chi connectivity index (χ0) is 11.6. The molecule has 0 radical (unpaired) electrons. The molecule has 0 aliphatic rings. The van der Waals surface area contributed by atoms with Gasteiger partial charge in [-0.25, -0.2) is 9.18 Å². The number of urea groups is 1. The van der Waals surface area contributed by atoms with Crippen LogP contribution in [0.5, 0.6) is 0 Å². The lowest BCUT2D eigenvalue weighted by atomic mass is 10.0. The zero-order valence-corrected chi connectivity index (χ0v) is 9.23. The summed E-state index contributed by atoms with van der Waals surface area (Å²) in [6.07, 6.45) is 0. The van der Waals surface area contributed by atoms with Crippen molar-refractivity contribution >= 4 is 23.3 Å². The molecule has 82 valence electrons. The Labute approximate surface area is 92.4 Å². The van der Waals surface area contributed by atoms with Gasteiger partial charge in [0.15, 0.2) is 0 Å². The first-order valence-electron chi connectivity index (χ1n) is 4.47. The molecular formula is C10H12ClFN2O. The van der Waals surface area contributed by atoms with E-state index < -0.39 is 11.8 Å². The normalized spacial score (nSPS) is 10.5. The first-order valence-corrected chi connectivity index (χ1v) is 4.85. The number of amides is 2. The predicted octanol–water partition coefficient (Wildman–Crippen LogP) is 3.09. The van der Waals surface area contributed by atoms with Crippen LogP contribution in [0.2, 0.25) is 5.02 Å². The molecule has 0 spiro atoms. The molecule has 0 aliphatic carbocycles. The minimum absolute atomic E-state index is 0.0515. The Bertz CT molecular complexity index is 393. The Morgan fingerprint density at radius 2 is 2.13 bits per heavy atom. The monoisotopic (exact) mass is 230 g/mol. The lowest BCUT2D eigenvalue weighted by molar-refractivity contribution is 0.259. The van der Waals surface area contributed by atoms with Crippen molar-refractivity contribution in [1.29, 1.82) is 0 Å². The van der Waals surface area contributed by atoms with Gasteiger partial charge in [0, 0.05) is 5.02 Å². The van der Waals surface area contributed by atoms with Crippen molar-refractivity contribution < 1.29 is 9.18 Å². The molecule has 3 nitrogen and oxygen atoms in total. The van der Waals surface area contributed by atoms with Gasteiger partial charge in [0.2, 0.25) is 0 Å². The maximum Gasteiger partial charge on any atom is 0.316 e. The second kappa shape index (κ2) is 4.49. The second-order valence-corrected chi connectivity index (χ2v) is 3.90. The minimum atomic E-state index is -0.800. The first kappa shape index (κ1) is 11.8. The Hall–Kier alpha value is -1.29. The molecule has 1 rings (SSSR count).